The number of ether oxygens (including phenoxy) is 1. The molecule has 1 N–H and O–H groups in total. The van der Waals surface area contributed by atoms with Gasteiger partial charge >= 0.3 is 0 Å². The Hall–Kier alpha value is -1.81. The van der Waals surface area contributed by atoms with Crippen LogP contribution in [0.1, 0.15) is 25.7 Å². The minimum Gasteiger partial charge on any atom is -0.476 e. The van der Waals surface area contributed by atoms with E-state index in [9.17, 15) is 0 Å². The number of fused-ring (bicyclic) bond motifs is 1. The van der Waals surface area contributed by atoms with Crippen molar-refractivity contribution in [2.75, 3.05) is 25.5 Å². The van der Waals surface area contributed by atoms with Crippen LogP contribution in [0.2, 0.25) is 0 Å². The normalized spacial score (nSPS) is 22.1. The van der Waals surface area contributed by atoms with Crippen molar-refractivity contribution in [2.24, 2.45) is 0 Å². The molecule has 1 saturated carbocycles. The Kier molecular flexibility index (Phi) is 3.62. The number of hydrogen-bond donors (Lipinski definition) is 1. The molecule has 1 atom stereocenters. The first kappa shape index (κ1) is 13.8. The van der Waals surface area contributed by atoms with Gasteiger partial charge in [-0.1, -0.05) is 6.07 Å². The molecule has 0 amide bonds. The number of pyridine rings is 1. The van der Waals surface area contributed by atoms with E-state index < -0.39 is 0 Å². The molecule has 22 heavy (non-hydrogen) atoms. The first-order valence-corrected chi connectivity index (χ1v) is 8.28. The SMILES string of the molecule is CN1CCCC1COc1nccc2c(NC3CC3)cccc12. The molecular weight excluding hydrogens is 274 g/mol. The quantitative estimate of drug-likeness (QED) is 0.919. The van der Waals surface area contributed by atoms with Gasteiger partial charge in [0.1, 0.15) is 6.61 Å². The number of hydrogen-bond acceptors (Lipinski definition) is 4. The summed E-state index contributed by atoms with van der Waals surface area (Å²) in [4.78, 5) is 6.84. The predicted molar refractivity (Wildman–Crippen MR) is 89.5 cm³/mol. The average Bonchev–Trinajstić information content (AvgIpc) is 3.26. The molecule has 2 aromatic rings. The number of nitrogens with zero attached hydrogens (tertiary/aromatic N) is 2. The highest BCUT2D eigenvalue weighted by atomic mass is 16.5. The highest BCUT2D eigenvalue weighted by Gasteiger charge is 2.23. The zero-order valence-corrected chi connectivity index (χ0v) is 13.1. The number of nitrogens with one attached hydrogen (secondary N) is 1. The molecule has 1 aliphatic carbocycles. The second-order valence-corrected chi connectivity index (χ2v) is 6.52. The van der Waals surface area contributed by atoms with Crippen molar-refractivity contribution in [3.05, 3.63) is 30.5 Å². The molecule has 2 fully saturated rings. The molecule has 1 aromatic carbocycles. The molecule has 0 bridgehead atoms. The highest BCUT2D eigenvalue weighted by Crippen LogP contribution is 2.33. The minimum absolute atomic E-state index is 0.518. The van der Waals surface area contributed by atoms with Crippen LogP contribution in [0.4, 0.5) is 5.69 Å². The van der Waals surface area contributed by atoms with E-state index in [1.807, 2.05) is 6.20 Å². The van der Waals surface area contributed by atoms with Crippen LogP contribution in [-0.2, 0) is 0 Å². The lowest BCUT2D eigenvalue weighted by Crippen LogP contribution is -2.30. The molecule has 2 aliphatic rings. The van der Waals surface area contributed by atoms with Crippen LogP contribution in [0.15, 0.2) is 30.5 Å². The number of aromatic nitrogens is 1. The largest absolute Gasteiger partial charge is 0.476 e. The summed E-state index contributed by atoms with van der Waals surface area (Å²) < 4.78 is 6.07. The van der Waals surface area contributed by atoms with Gasteiger partial charge in [0.05, 0.1) is 0 Å². The molecule has 2 heterocycles. The fraction of sp³-hybridized carbons (Fsp3) is 0.500. The molecule has 1 aliphatic heterocycles. The van der Waals surface area contributed by atoms with Gasteiger partial charge in [-0.25, -0.2) is 4.98 Å². The molecule has 4 rings (SSSR count). The van der Waals surface area contributed by atoms with Crippen molar-refractivity contribution in [3.8, 4) is 5.88 Å². The van der Waals surface area contributed by atoms with Crippen molar-refractivity contribution < 1.29 is 4.74 Å². The Balaban J connectivity index is 1.57. The first-order chi connectivity index (χ1) is 10.8. The lowest BCUT2D eigenvalue weighted by atomic mass is 10.1. The smallest absolute Gasteiger partial charge is 0.221 e. The Morgan fingerprint density at radius 1 is 1.23 bits per heavy atom. The maximum atomic E-state index is 6.07. The molecule has 4 nitrogen and oxygen atoms in total. The van der Waals surface area contributed by atoms with Crippen LogP contribution in [0.3, 0.4) is 0 Å². The van der Waals surface area contributed by atoms with E-state index >= 15 is 0 Å². The predicted octanol–water partition coefficient (Wildman–Crippen LogP) is 3.28. The van der Waals surface area contributed by atoms with Crippen molar-refractivity contribution in [3.63, 3.8) is 0 Å². The van der Waals surface area contributed by atoms with Crippen molar-refractivity contribution in [1.82, 2.24) is 9.88 Å². The third kappa shape index (κ3) is 2.75. The van der Waals surface area contributed by atoms with Crippen molar-refractivity contribution in [2.45, 2.75) is 37.8 Å². The molecule has 1 aromatic heterocycles. The van der Waals surface area contributed by atoms with Gasteiger partial charge in [0.2, 0.25) is 5.88 Å². The average molecular weight is 297 g/mol. The van der Waals surface area contributed by atoms with Crippen molar-refractivity contribution >= 4 is 16.5 Å². The zero-order chi connectivity index (χ0) is 14.9. The van der Waals surface area contributed by atoms with Crippen LogP contribution in [0.5, 0.6) is 5.88 Å². The maximum Gasteiger partial charge on any atom is 0.221 e. The van der Waals surface area contributed by atoms with E-state index in [0.717, 1.165) is 17.9 Å². The van der Waals surface area contributed by atoms with Crippen LogP contribution in [0.25, 0.3) is 10.8 Å². The summed E-state index contributed by atoms with van der Waals surface area (Å²) in [6, 6.07) is 9.58. The molecule has 4 heteroatoms. The Morgan fingerprint density at radius 3 is 2.91 bits per heavy atom. The topological polar surface area (TPSA) is 37.4 Å². The second-order valence-electron chi connectivity index (χ2n) is 6.52. The third-order valence-electron chi connectivity index (χ3n) is 4.79. The van der Waals surface area contributed by atoms with Gasteiger partial charge in [-0.15, -0.1) is 0 Å². The van der Waals surface area contributed by atoms with Gasteiger partial charge in [0, 0.05) is 34.7 Å². The van der Waals surface area contributed by atoms with Gasteiger partial charge in [-0.2, -0.15) is 0 Å². The summed E-state index contributed by atoms with van der Waals surface area (Å²) in [6.45, 7) is 1.90. The van der Waals surface area contributed by atoms with Crippen LogP contribution in [0, 0.1) is 0 Å². The monoisotopic (exact) mass is 297 g/mol. The maximum absolute atomic E-state index is 6.07. The Morgan fingerprint density at radius 2 is 2.14 bits per heavy atom. The number of likely N-dealkylation sites (N-methyl/N-ethyl adjacent to an activating group) is 1. The lowest BCUT2D eigenvalue weighted by molar-refractivity contribution is 0.195. The van der Waals surface area contributed by atoms with Gasteiger partial charge in [0.15, 0.2) is 0 Å². The summed E-state index contributed by atoms with van der Waals surface area (Å²) >= 11 is 0. The Labute approximate surface area is 131 Å². The van der Waals surface area contributed by atoms with Crippen LogP contribution < -0.4 is 10.1 Å². The van der Waals surface area contributed by atoms with E-state index in [4.69, 9.17) is 4.74 Å². The number of benzene rings is 1. The highest BCUT2D eigenvalue weighted by molar-refractivity contribution is 5.96. The molecule has 1 unspecified atom stereocenters. The third-order valence-corrected chi connectivity index (χ3v) is 4.79. The number of anilines is 1. The molecule has 1 saturated heterocycles. The van der Waals surface area contributed by atoms with Gasteiger partial charge < -0.3 is 15.0 Å². The fourth-order valence-corrected chi connectivity index (χ4v) is 3.23. The van der Waals surface area contributed by atoms with Crippen LogP contribution in [-0.4, -0.2) is 42.2 Å². The molecule has 0 radical (unpaired) electrons. The fourth-order valence-electron chi connectivity index (χ4n) is 3.23. The van der Waals surface area contributed by atoms with Crippen LogP contribution >= 0.6 is 0 Å². The number of rotatable bonds is 5. The van der Waals surface area contributed by atoms with E-state index in [-0.39, 0.29) is 0 Å². The van der Waals surface area contributed by atoms with Gasteiger partial charge in [0.25, 0.3) is 0 Å². The Bertz CT molecular complexity index is 668. The van der Waals surface area contributed by atoms with E-state index in [1.54, 1.807) is 0 Å². The summed E-state index contributed by atoms with van der Waals surface area (Å²) in [6.07, 6.45) is 6.89. The summed E-state index contributed by atoms with van der Waals surface area (Å²) in [5.74, 6) is 0.761. The van der Waals surface area contributed by atoms with E-state index in [0.29, 0.717) is 12.1 Å². The molecule has 0 spiro atoms. The van der Waals surface area contributed by atoms with E-state index in [2.05, 4.69) is 46.5 Å². The van der Waals surface area contributed by atoms with Gasteiger partial charge in [-0.05, 0) is 57.5 Å². The summed E-state index contributed by atoms with van der Waals surface area (Å²) in [7, 11) is 2.18. The summed E-state index contributed by atoms with van der Waals surface area (Å²) in [5, 5.41) is 5.91. The first-order valence-electron chi connectivity index (χ1n) is 8.28. The van der Waals surface area contributed by atoms with E-state index in [1.165, 1.54) is 43.3 Å². The standard InChI is InChI=1S/C18H23N3O/c1-21-11-3-4-14(21)12-22-18-16-5-2-6-17(20-13-7-8-13)15(16)9-10-19-18/h2,5-6,9-10,13-14,20H,3-4,7-8,11-12H2,1H3. The second kappa shape index (κ2) is 5.76. The summed E-state index contributed by atoms with van der Waals surface area (Å²) in [5.41, 5.74) is 1.20. The minimum atomic E-state index is 0.518. The number of likely N-dealkylation sites (tertiary alicyclic amines) is 1. The lowest BCUT2D eigenvalue weighted by Gasteiger charge is -2.20. The zero-order valence-electron chi connectivity index (χ0n) is 13.1. The molecular formula is C18H23N3O. The molecule has 116 valence electrons. The van der Waals surface area contributed by atoms with Crippen molar-refractivity contribution in [1.29, 1.82) is 0 Å². The van der Waals surface area contributed by atoms with Gasteiger partial charge in [-0.3, -0.25) is 0 Å².